The Bertz CT molecular complexity index is 1050. The number of carbonyl (C=O) groups excluding carboxylic acids is 1. The van der Waals surface area contributed by atoms with Crippen LogP contribution in [0.5, 0.6) is 0 Å². The number of rotatable bonds is 5. The molecule has 0 aromatic heterocycles. The fraction of sp³-hybridized carbons (Fsp3) is 0. The first-order valence-corrected chi connectivity index (χ1v) is 15.4. The van der Waals surface area contributed by atoms with Crippen molar-refractivity contribution in [2.75, 3.05) is 5.73 Å². The zero-order valence-electron chi connectivity index (χ0n) is 16.2. The van der Waals surface area contributed by atoms with Crippen molar-refractivity contribution in [3.05, 3.63) is 120 Å². The molecule has 0 heterocycles. The number of benzene rings is 4. The van der Waals surface area contributed by atoms with Crippen molar-refractivity contribution in [3.8, 4) is 0 Å². The van der Waals surface area contributed by atoms with Gasteiger partial charge in [-0.05, 0) is 0 Å². The molecule has 148 valence electrons. The Kier molecular flexibility index (Phi) is 6.11. The maximum absolute atomic E-state index is 13.4. The molecule has 0 saturated carbocycles. The van der Waals surface area contributed by atoms with Crippen LogP contribution in [0, 0.1) is 0 Å². The van der Waals surface area contributed by atoms with Crippen molar-refractivity contribution in [1.29, 1.82) is 0 Å². The van der Waals surface area contributed by atoms with E-state index in [-0.39, 0.29) is 5.56 Å². The number of carbonyl (C=O) groups is 1. The average molecular weight is 521 g/mol. The van der Waals surface area contributed by atoms with Gasteiger partial charge in [0.2, 0.25) is 0 Å². The van der Waals surface area contributed by atoms with Crippen LogP contribution in [0.1, 0.15) is 10.4 Å². The summed E-state index contributed by atoms with van der Waals surface area (Å²) in [7, 11) is 0. The van der Waals surface area contributed by atoms with Gasteiger partial charge in [0.1, 0.15) is 0 Å². The van der Waals surface area contributed by atoms with Crippen molar-refractivity contribution in [1.82, 2.24) is 0 Å². The van der Waals surface area contributed by atoms with Gasteiger partial charge in [-0.2, -0.15) is 0 Å². The molecular weight excluding hydrogens is 500 g/mol. The van der Waals surface area contributed by atoms with Gasteiger partial charge in [0, 0.05) is 0 Å². The fourth-order valence-corrected chi connectivity index (χ4v) is 14.4. The number of hydrogen-bond acceptors (Lipinski definition) is 3. The molecule has 2 N–H and O–H groups in total. The molecule has 0 radical (unpaired) electrons. The van der Waals surface area contributed by atoms with Crippen molar-refractivity contribution >= 4 is 52.8 Å². The quantitative estimate of drug-likeness (QED) is 0.322. The van der Waals surface area contributed by atoms with E-state index in [4.69, 9.17) is 20.4 Å². The van der Waals surface area contributed by atoms with Gasteiger partial charge in [-0.1, -0.05) is 0 Å². The molecule has 4 aromatic carbocycles. The van der Waals surface area contributed by atoms with E-state index in [0.29, 0.717) is 10.7 Å². The number of halogens is 1. The standard InChI is InChI=1S/C7H6ClNO2.3C6H5.Sn/c8-6-2-1-4(9)3-5(6)7(10)11;3*1-2-4-6-5-3-1;/h1-3H,9H2,(H,10,11);3*1-5H;/q;;;;+1/p-1. The van der Waals surface area contributed by atoms with Crippen molar-refractivity contribution < 1.29 is 7.87 Å². The summed E-state index contributed by atoms with van der Waals surface area (Å²) in [6.07, 6.45) is 0. The Morgan fingerprint density at radius 3 is 1.57 bits per heavy atom. The molecule has 0 fully saturated rings. The zero-order valence-corrected chi connectivity index (χ0v) is 19.8. The van der Waals surface area contributed by atoms with Crippen LogP contribution in [0.2, 0.25) is 5.02 Å². The molecular formula is C25H20ClNO2Sn. The number of hydrogen-bond donors (Lipinski definition) is 1. The summed E-state index contributed by atoms with van der Waals surface area (Å²) >= 11 is 2.14. The fourth-order valence-electron chi connectivity index (χ4n) is 3.59. The summed E-state index contributed by atoms with van der Waals surface area (Å²) < 4.78 is 9.67. The third-order valence-corrected chi connectivity index (χ3v) is 16.5. The molecule has 4 rings (SSSR count). The molecule has 0 bridgehead atoms. The average Bonchev–Trinajstić information content (AvgIpc) is 2.80. The Morgan fingerprint density at radius 2 is 1.13 bits per heavy atom. The SMILES string of the molecule is Nc1ccc(Cl)c(C(=O)[O][Sn]([c]2ccccc2)([c]2ccccc2)[c]2ccccc2)c1. The van der Waals surface area contributed by atoms with Gasteiger partial charge in [-0.25, -0.2) is 0 Å². The van der Waals surface area contributed by atoms with E-state index >= 15 is 0 Å². The Balaban J connectivity index is 1.95. The molecule has 0 aliphatic carbocycles. The summed E-state index contributed by atoms with van der Waals surface area (Å²) in [5.41, 5.74) is 6.66. The molecule has 4 aromatic rings. The number of nitrogens with two attached hydrogens (primary N) is 1. The van der Waals surface area contributed by atoms with Gasteiger partial charge in [0.15, 0.2) is 0 Å². The van der Waals surface area contributed by atoms with Gasteiger partial charge in [0.05, 0.1) is 0 Å². The first kappa shape index (κ1) is 20.5. The topological polar surface area (TPSA) is 52.3 Å². The summed E-state index contributed by atoms with van der Waals surface area (Å²) in [5.74, 6) is -0.459. The normalized spacial score (nSPS) is 11.1. The van der Waals surface area contributed by atoms with Crippen LogP contribution in [0.25, 0.3) is 0 Å². The predicted octanol–water partition coefficient (Wildman–Crippen LogP) is 3.75. The van der Waals surface area contributed by atoms with Gasteiger partial charge in [0.25, 0.3) is 0 Å². The molecule has 0 unspecified atom stereocenters. The minimum atomic E-state index is -4.18. The maximum atomic E-state index is 13.4. The van der Waals surface area contributed by atoms with E-state index in [1.165, 1.54) is 0 Å². The van der Waals surface area contributed by atoms with E-state index in [1.807, 2.05) is 91.0 Å². The molecule has 0 aliphatic heterocycles. The van der Waals surface area contributed by atoms with Gasteiger partial charge in [-0.3, -0.25) is 0 Å². The first-order valence-electron chi connectivity index (χ1n) is 9.56. The third-order valence-electron chi connectivity index (χ3n) is 5.00. The van der Waals surface area contributed by atoms with Crippen LogP contribution in [0.4, 0.5) is 5.69 Å². The number of anilines is 1. The van der Waals surface area contributed by atoms with Crippen LogP contribution in [-0.2, 0) is 3.07 Å². The molecule has 5 heteroatoms. The van der Waals surface area contributed by atoms with Crippen LogP contribution >= 0.6 is 11.6 Å². The van der Waals surface area contributed by atoms with Crippen LogP contribution in [-0.4, -0.2) is 24.8 Å². The van der Waals surface area contributed by atoms with Crippen LogP contribution in [0.3, 0.4) is 0 Å². The Labute approximate surface area is 185 Å². The second kappa shape index (κ2) is 8.94. The van der Waals surface area contributed by atoms with E-state index in [9.17, 15) is 4.79 Å². The third kappa shape index (κ3) is 3.95. The Hall–Kier alpha value is -2.76. The second-order valence-corrected chi connectivity index (χ2v) is 16.7. The molecule has 3 nitrogen and oxygen atoms in total. The van der Waals surface area contributed by atoms with E-state index in [2.05, 4.69) is 0 Å². The molecule has 30 heavy (non-hydrogen) atoms. The molecule has 0 amide bonds. The predicted molar refractivity (Wildman–Crippen MR) is 125 cm³/mol. The summed E-state index contributed by atoms with van der Waals surface area (Å²) in [4.78, 5) is 13.4. The molecule has 0 saturated heterocycles. The molecule has 0 atom stereocenters. The monoisotopic (exact) mass is 521 g/mol. The summed E-state index contributed by atoms with van der Waals surface area (Å²) in [6, 6.07) is 34.9. The van der Waals surface area contributed by atoms with Gasteiger partial charge < -0.3 is 0 Å². The second-order valence-electron chi connectivity index (χ2n) is 6.91. The molecule has 0 aliphatic rings. The summed E-state index contributed by atoms with van der Waals surface area (Å²) in [5, 5.41) is 0.323. The Morgan fingerprint density at radius 1 is 0.700 bits per heavy atom. The zero-order chi connectivity index (χ0) is 21.0. The summed E-state index contributed by atoms with van der Waals surface area (Å²) in [6.45, 7) is 0. The van der Waals surface area contributed by atoms with Crippen molar-refractivity contribution in [2.24, 2.45) is 0 Å². The first-order chi connectivity index (χ1) is 14.6. The van der Waals surface area contributed by atoms with Crippen molar-refractivity contribution in [3.63, 3.8) is 0 Å². The van der Waals surface area contributed by atoms with E-state index in [0.717, 1.165) is 10.7 Å². The van der Waals surface area contributed by atoms with Gasteiger partial charge in [-0.15, -0.1) is 0 Å². The minimum absolute atomic E-state index is 0.278. The van der Waals surface area contributed by atoms with E-state index < -0.39 is 24.8 Å². The molecule has 0 spiro atoms. The van der Waals surface area contributed by atoms with Crippen LogP contribution in [0.15, 0.2) is 109 Å². The number of nitrogen functional groups attached to an aromatic ring is 1. The van der Waals surface area contributed by atoms with Gasteiger partial charge >= 0.3 is 186 Å². The van der Waals surface area contributed by atoms with E-state index in [1.54, 1.807) is 18.2 Å². The van der Waals surface area contributed by atoms with Crippen LogP contribution < -0.4 is 16.5 Å². The van der Waals surface area contributed by atoms with Crippen molar-refractivity contribution in [2.45, 2.75) is 0 Å².